The van der Waals surface area contributed by atoms with Crippen LogP contribution in [0.1, 0.15) is 60.5 Å². The van der Waals surface area contributed by atoms with Crippen molar-refractivity contribution in [2.45, 2.75) is 72.1 Å². The van der Waals surface area contributed by atoms with E-state index < -0.39 is 30.8 Å². The molecule has 1 amide bonds. The molecule has 0 saturated carbocycles. The molecule has 1 unspecified atom stereocenters. The number of nitrogens with zero attached hydrogens (tertiary/aromatic N) is 2. The fraction of sp³-hybridized carbons (Fsp3) is 0.682. The van der Waals surface area contributed by atoms with Crippen molar-refractivity contribution in [2.75, 3.05) is 24.5 Å². The number of hydrogen-bond acceptors (Lipinski definition) is 4. The minimum absolute atomic E-state index is 0.0938. The average Bonchev–Trinajstić information content (AvgIpc) is 2.87. The molecule has 0 aromatic heterocycles. The van der Waals surface area contributed by atoms with Crippen molar-refractivity contribution in [1.29, 1.82) is 0 Å². The topological polar surface area (TPSA) is 62.2 Å². The zero-order chi connectivity index (χ0) is 23.4. The van der Waals surface area contributed by atoms with Crippen LogP contribution < -0.4 is 10.4 Å². The van der Waals surface area contributed by atoms with Gasteiger partial charge in [0.1, 0.15) is 0 Å². The predicted molar refractivity (Wildman–Crippen MR) is 117 cm³/mol. The molecule has 3 rings (SSSR count). The van der Waals surface area contributed by atoms with E-state index in [2.05, 4.69) is 0 Å². The van der Waals surface area contributed by atoms with E-state index in [4.69, 9.17) is 9.31 Å². The van der Waals surface area contributed by atoms with Gasteiger partial charge in [-0.15, -0.1) is 0 Å². The Balaban J connectivity index is 1.91. The number of amides is 1. The van der Waals surface area contributed by atoms with Gasteiger partial charge in [-0.2, -0.15) is 0 Å². The van der Waals surface area contributed by atoms with Crippen LogP contribution in [0.15, 0.2) is 18.2 Å². The van der Waals surface area contributed by atoms with E-state index in [1.54, 1.807) is 12.1 Å². The smallest absolute Gasteiger partial charge is 0.465 e. The summed E-state index contributed by atoms with van der Waals surface area (Å²) in [4.78, 5) is 15.0. The minimum Gasteiger partial charge on any atom is -0.465 e. The number of halogens is 2. The summed E-state index contributed by atoms with van der Waals surface area (Å²) in [7, 11) is -0.720. The lowest BCUT2D eigenvalue weighted by atomic mass is 9.78. The van der Waals surface area contributed by atoms with Crippen LogP contribution in [0.25, 0.3) is 0 Å². The quantitative estimate of drug-likeness (QED) is 0.719. The Morgan fingerprint density at radius 1 is 1.16 bits per heavy atom. The molecule has 172 valence electrons. The van der Waals surface area contributed by atoms with Crippen LogP contribution in [0, 0.1) is 5.41 Å². The monoisotopic (exact) mass is 438 g/mol. The second-order valence-corrected chi connectivity index (χ2v) is 10.5. The van der Waals surface area contributed by atoms with E-state index in [1.165, 1.54) is 11.0 Å². The van der Waals surface area contributed by atoms with Gasteiger partial charge in [0.2, 0.25) is 0 Å². The molecule has 2 saturated heterocycles. The molecule has 6 nitrogen and oxygen atoms in total. The van der Waals surface area contributed by atoms with E-state index in [-0.39, 0.29) is 23.6 Å². The van der Waals surface area contributed by atoms with E-state index in [0.29, 0.717) is 24.2 Å². The Kier molecular flexibility index (Phi) is 6.08. The van der Waals surface area contributed by atoms with Crippen LogP contribution in [0.5, 0.6) is 0 Å². The number of piperazine rings is 1. The summed E-state index contributed by atoms with van der Waals surface area (Å²) >= 11 is 0. The molecule has 2 aliphatic rings. The molecular formula is C22H33BF2N2O4. The molecule has 1 aromatic rings. The van der Waals surface area contributed by atoms with Crippen molar-refractivity contribution in [3.05, 3.63) is 23.8 Å². The number of benzene rings is 1. The molecule has 2 aliphatic heterocycles. The number of rotatable bonds is 3. The second kappa shape index (κ2) is 7.92. The van der Waals surface area contributed by atoms with Crippen molar-refractivity contribution < 1.29 is 28.0 Å². The third kappa shape index (κ3) is 4.53. The number of carbonyl (C=O) groups is 1. The number of hydrogen-bond donors (Lipinski definition) is 1. The van der Waals surface area contributed by atoms with Gasteiger partial charge in [0, 0.05) is 30.9 Å². The molecule has 2 heterocycles. The van der Waals surface area contributed by atoms with E-state index in [0.717, 1.165) is 0 Å². The molecule has 0 bridgehead atoms. The van der Waals surface area contributed by atoms with Crippen molar-refractivity contribution >= 4 is 24.4 Å². The Hall–Kier alpha value is -1.87. The first-order valence-electron chi connectivity index (χ1n) is 10.7. The van der Waals surface area contributed by atoms with Gasteiger partial charge in [-0.25, -0.2) is 13.6 Å². The van der Waals surface area contributed by atoms with Crippen LogP contribution >= 0.6 is 0 Å². The van der Waals surface area contributed by atoms with Gasteiger partial charge in [-0.1, -0.05) is 32.9 Å². The average molecular weight is 438 g/mol. The molecule has 0 radical (unpaired) electrons. The molecule has 2 fully saturated rings. The highest BCUT2D eigenvalue weighted by atomic mass is 19.3. The van der Waals surface area contributed by atoms with Gasteiger partial charge in [0.25, 0.3) is 6.43 Å². The van der Waals surface area contributed by atoms with Crippen molar-refractivity contribution in [3.63, 3.8) is 0 Å². The predicted octanol–water partition coefficient (Wildman–Crippen LogP) is 4.14. The van der Waals surface area contributed by atoms with Gasteiger partial charge in [-0.3, -0.25) is 0 Å². The van der Waals surface area contributed by atoms with Gasteiger partial charge in [0.15, 0.2) is 0 Å². The molecule has 9 heteroatoms. The maximum atomic E-state index is 14.1. The highest BCUT2D eigenvalue weighted by Crippen LogP contribution is 2.38. The van der Waals surface area contributed by atoms with E-state index >= 15 is 0 Å². The highest BCUT2D eigenvalue weighted by molar-refractivity contribution is 6.62. The fourth-order valence-corrected chi connectivity index (χ4v) is 4.13. The van der Waals surface area contributed by atoms with Crippen LogP contribution in [0.2, 0.25) is 0 Å². The number of alkyl halides is 2. The summed E-state index contributed by atoms with van der Waals surface area (Å²) in [5, 5.41) is 9.57. The Morgan fingerprint density at radius 2 is 1.74 bits per heavy atom. The van der Waals surface area contributed by atoms with Crippen LogP contribution in [0.4, 0.5) is 19.3 Å². The summed E-state index contributed by atoms with van der Waals surface area (Å²) in [5.41, 5.74) is -0.569. The summed E-state index contributed by atoms with van der Waals surface area (Å²) in [6.45, 7) is 14.5. The van der Waals surface area contributed by atoms with Crippen molar-refractivity contribution in [1.82, 2.24) is 4.90 Å². The lowest BCUT2D eigenvalue weighted by molar-refractivity contribution is 0.00578. The molecule has 0 spiro atoms. The Morgan fingerprint density at radius 3 is 2.23 bits per heavy atom. The summed E-state index contributed by atoms with van der Waals surface area (Å²) in [6.07, 6.45) is -3.66. The molecule has 31 heavy (non-hydrogen) atoms. The normalized spacial score (nSPS) is 23.5. The van der Waals surface area contributed by atoms with Gasteiger partial charge in [0.05, 0.1) is 17.2 Å². The SMILES string of the molecule is CC(C)(C)C1CN(c2ccc(B3OC(C)(C)C(C)(C)O3)cc2C(F)F)CCN1C(=O)O. The first-order chi connectivity index (χ1) is 14.1. The lowest BCUT2D eigenvalue weighted by Crippen LogP contribution is -2.59. The summed E-state index contributed by atoms with van der Waals surface area (Å²) in [5.74, 6) is 0. The summed E-state index contributed by atoms with van der Waals surface area (Å²) in [6, 6.07) is 4.58. The largest absolute Gasteiger partial charge is 0.494 e. The van der Waals surface area contributed by atoms with Crippen LogP contribution in [-0.4, -0.2) is 60.1 Å². The van der Waals surface area contributed by atoms with Crippen molar-refractivity contribution in [3.8, 4) is 0 Å². The number of carboxylic acid groups (broad SMARTS) is 1. The standard InChI is InChI=1S/C22H33BF2N2O4/c1-20(2,3)17-13-26(10-11-27(17)19(28)29)16-9-8-14(12-15(16)18(24)25)23-30-21(4,5)22(6,7)31-23/h8-9,12,17-18H,10-11,13H2,1-7H3,(H,28,29). The first kappa shape index (κ1) is 23.8. The maximum Gasteiger partial charge on any atom is 0.494 e. The number of anilines is 1. The molecule has 1 aromatic carbocycles. The first-order valence-corrected chi connectivity index (χ1v) is 10.7. The second-order valence-electron chi connectivity index (χ2n) is 10.5. The summed E-state index contributed by atoms with van der Waals surface area (Å²) < 4.78 is 40.2. The third-order valence-corrected chi connectivity index (χ3v) is 6.78. The zero-order valence-electron chi connectivity index (χ0n) is 19.4. The minimum atomic E-state index is -2.68. The van der Waals surface area contributed by atoms with E-state index in [9.17, 15) is 18.7 Å². The fourth-order valence-electron chi connectivity index (χ4n) is 4.13. The molecule has 1 atom stereocenters. The third-order valence-electron chi connectivity index (χ3n) is 6.78. The molecule has 0 aliphatic carbocycles. The van der Waals surface area contributed by atoms with Crippen molar-refractivity contribution in [2.24, 2.45) is 5.41 Å². The zero-order valence-corrected chi connectivity index (χ0v) is 19.4. The highest BCUT2D eigenvalue weighted by Gasteiger charge is 2.52. The Labute approximate surface area is 183 Å². The Bertz CT molecular complexity index is 825. The van der Waals surface area contributed by atoms with Gasteiger partial charge < -0.3 is 24.2 Å². The lowest BCUT2D eigenvalue weighted by Gasteiger charge is -2.47. The molecular weight excluding hydrogens is 405 g/mol. The molecule has 1 N–H and O–H groups in total. The van der Waals surface area contributed by atoms with Gasteiger partial charge >= 0.3 is 13.2 Å². The van der Waals surface area contributed by atoms with Gasteiger partial charge in [-0.05, 0) is 44.6 Å². The van der Waals surface area contributed by atoms with Crippen LogP contribution in [-0.2, 0) is 9.31 Å². The van der Waals surface area contributed by atoms with Crippen LogP contribution in [0.3, 0.4) is 0 Å². The maximum absolute atomic E-state index is 14.1. The van der Waals surface area contributed by atoms with E-state index in [1.807, 2.05) is 53.4 Å².